The van der Waals surface area contributed by atoms with Crippen molar-refractivity contribution in [1.29, 1.82) is 0 Å². The highest BCUT2D eigenvalue weighted by atomic mass is 19.2. The molecule has 1 aliphatic carbocycles. The van der Waals surface area contributed by atoms with Crippen molar-refractivity contribution in [3.05, 3.63) is 29.8 Å². The fraction of sp³-hybridized carbons (Fsp3) is 0.455. The Balaban J connectivity index is 2.07. The van der Waals surface area contributed by atoms with Crippen LogP contribution in [-0.2, 0) is 0 Å². The monoisotopic (exact) mass is 213 g/mol. The predicted molar refractivity (Wildman–Crippen MR) is 53.6 cm³/mol. The molecular weight excluding hydrogens is 200 g/mol. The van der Waals surface area contributed by atoms with Crippen LogP contribution < -0.4 is 5.32 Å². The summed E-state index contributed by atoms with van der Waals surface area (Å²) in [4.78, 5) is 0. The molecule has 4 heteroatoms. The molecule has 2 atom stereocenters. The van der Waals surface area contributed by atoms with E-state index in [9.17, 15) is 13.9 Å². The second-order valence-electron chi connectivity index (χ2n) is 3.88. The molecule has 1 fully saturated rings. The van der Waals surface area contributed by atoms with Crippen molar-refractivity contribution in [1.82, 2.24) is 0 Å². The number of halogens is 2. The SMILES string of the molecule is O[C@H]1CCC[C@@H]1Nc1ccc(F)c(F)c1. The van der Waals surface area contributed by atoms with E-state index in [1.165, 1.54) is 6.07 Å². The maximum absolute atomic E-state index is 12.9. The normalized spacial score (nSPS) is 25.5. The lowest BCUT2D eigenvalue weighted by molar-refractivity contribution is 0.172. The average Bonchev–Trinajstić information content (AvgIpc) is 2.59. The maximum atomic E-state index is 12.9. The lowest BCUT2D eigenvalue weighted by Gasteiger charge is -2.17. The summed E-state index contributed by atoms with van der Waals surface area (Å²) in [6, 6.07) is 3.62. The minimum Gasteiger partial charge on any atom is -0.391 e. The van der Waals surface area contributed by atoms with Crippen LogP contribution in [0.5, 0.6) is 0 Å². The Kier molecular flexibility index (Phi) is 2.86. The van der Waals surface area contributed by atoms with Gasteiger partial charge >= 0.3 is 0 Å². The first-order valence-corrected chi connectivity index (χ1v) is 5.06. The number of rotatable bonds is 2. The van der Waals surface area contributed by atoms with E-state index < -0.39 is 17.7 Å². The molecule has 0 heterocycles. The van der Waals surface area contributed by atoms with Gasteiger partial charge in [-0.2, -0.15) is 0 Å². The molecule has 0 amide bonds. The van der Waals surface area contributed by atoms with E-state index in [4.69, 9.17) is 0 Å². The van der Waals surface area contributed by atoms with E-state index in [0.717, 1.165) is 31.4 Å². The van der Waals surface area contributed by atoms with Gasteiger partial charge in [0, 0.05) is 11.8 Å². The smallest absolute Gasteiger partial charge is 0.160 e. The topological polar surface area (TPSA) is 32.3 Å². The predicted octanol–water partition coefficient (Wildman–Crippen LogP) is 2.29. The van der Waals surface area contributed by atoms with Gasteiger partial charge in [0.1, 0.15) is 0 Å². The van der Waals surface area contributed by atoms with E-state index >= 15 is 0 Å². The largest absolute Gasteiger partial charge is 0.391 e. The molecule has 1 aliphatic rings. The van der Waals surface area contributed by atoms with Crippen LogP contribution in [0.25, 0.3) is 0 Å². The first-order chi connectivity index (χ1) is 7.16. The van der Waals surface area contributed by atoms with Crippen LogP contribution in [0.2, 0.25) is 0 Å². The molecule has 15 heavy (non-hydrogen) atoms. The number of hydrogen-bond donors (Lipinski definition) is 2. The van der Waals surface area contributed by atoms with Gasteiger partial charge in [0.15, 0.2) is 11.6 Å². The van der Waals surface area contributed by atoms with Crippen LogP contribution in [0, 0.1) is 11.6 Å². The minimum absolute atomic E-state index is 0.0464. The van der Waals surface area contributed by atoms with Gasteiger partial charge < -0.3 is 10.4 Å². The van der Waals surface area contributed by atoms with Crippen LogP contribution in [0.15, 0.2) is 18.2 Å². The van der Waals surface area contributed by atoms with Crippen molar-refractivity contribution in [3.63, 3.8) is 0 Å². The van der Waals surface area contributed by atoms with Gasteiger partial charge in [-0.1, -0.05) is 0 Å². The molecule has 0 radical (unpaired) electrons. The highest BCUT2D eigenvalue weighted by Crippen LogP contribution is 2.23. The number of hydrogen-bond acceptors (Lipinski definition) is 2. The molecule has 2 N–H and O–H groups in total. The minimum atomic E-state index is -0.868. The zero-order chi connectivity index (χ0) is 10.8. The summed E-state index contributed by atoms with van der Waals surface area (Å²) in [5.74, 6) is -1.72. The number of benzene rings is 1. The Labute approximate surface area is 86.9 Å². The molecule has 1 saturated carbocycles. The van der Waals surface area contributed by atoms with Crippen LogP contribution in [-0.4, -0.2) is 17.3 Å². The standard InChI is InChI=1S/C11H13F2NO/c12-8-5-4-7(6-9(8)13)14-10-2-1-3-11(10)15/h4-6,10-11,14-15H,1-3H2/t10-,11-/m0/s1. The Morgan fingerprint density at radius 1 is 1.20 bits per heavy atom. The summed E-state index contributed by atoms with van der Waals surface area (Å²) in [6.07, 6.45) is 2.20. The van der Waals surface area contributed by atoms with Gasteiger partial charge in [-0.05, 0) is 31.4 Å². The van der Waals surface area contributed by atoms with Gasteiger partial charge in [-0.3, -0.25) is 0 Å². The molecule has 0 saturated heterocycles. The third-order valence-electron chi connectivity index (χ3n) is 2.75. The lowest BCUT2D eigenvalue weighted by atomic mass is 10.2. The molecule has 1 aromatic carbocycles. The van der Waals surface area contributed by atoms with Crippen LogP contribution in [0.3, 0.4) is 0 Å². The number of aliphatic hydroxyl groups is 1. The zero-order valence-electron chi connectivity index (χ0n) is 8.21. The van der Waals surface area contributed by atoms with Crippen molar-refractivity contribution in [2.45, 2.75) is 31.4 Å². The second kappa shape index (κ2) is 4.14. The molecule has 0 spiro atoms. The third kappa shape index (κ3) is 2.26. The van der Waals surface area contributed by atoms with E-state index in [-0.39, 0.29) is 6.04 Å². The summed E-state index contributed by atoms with van der Waals surface area (Å²) in [5.41, 5.74) is 0.514. The summed E-state index contributed by atoms with van der Waals surface area (Å²) < 4.78 is 25.5. The summed E-state index contributed by atoms with van der Waals surface area (Å²) >= 11 is 0. The molecule has 0 unspecified atom stereocenters. The van der Waals surface area contributed by atoms with Gasteiger partial charge in [0.05, 0.1) is 12.1 Å². The van der Waals surface area contributed by atoms with E-state index in [0.29, 0.717) is 5.69 Å². The van der Waals surface area contributed by atoms with E-state index in [1.807, 2.05) is 0 Å². The molecule has 2 rings (SSSR count). The van der Waals surface area contributed by atoms with Gasteiger partial charge in [-0.25, -0.2) is 8.78 Å². The van der Waals surface area contributed by atoms with Gasteiger partial charge in [0.25, 0.3) is 0 Å². The molecule has 0 aliphatic heterocycles. The lowest BCUT2D eigenvalue weighted by Crippen LogP contribution is -2.27. The maximum Gasteiger partial charge on any atom is 0.160 e. The third-order valence-corrected chi connectivity index (χ3v) is 2.75. The van der Waals surface area contributed by atoms with E-state index in [1.54, 1.807) is 0 Å². The number of nitrogens with one attached hydrogen (secondary N) is 1. The van der Waals surface area contributed by atoms with Crippen molar-refractivity contribution >= 4 is 5.69 Å². The Morgan fingerprint density at radius 3 is 2.60 bits per heavy atom. The van der Waals surface area contributed by atoms with Crippen LogP contribution in [0.4, 0.5) is 14.5 Å². The highest BCUT2D eigenvalue weighted by Gasteiger charge is 2.24. The Morgan fingerprint density at radius 2 is 2.00 bits per heavy atom. The Bertz CT molecular complexity index is 356. The van der Waals surface area contributed by atoms with Crippen molar-refractivity contribution in [2.24, 2.45) is 0 Å². The number of aliphatic hydroxyl groups excluding tert-OH is 1. The first kappa shape index (κ1) is 10.4. The van der Waals surface area contributed by atoms with E-state index in [2.05, 4.69) is 5.32 Å². The van der Waals surface area contributed by atoms with Crippen molar-refractivity contribution in [3.8, 4) is 0 Å². The number of anilines is 1. The quantitative estimate of drug-likeness (QED) is 0.790. The zero-order valence-corrected chi connectivity index (χ0v) is 8.21. The van der Waals surface area contributed by atoms with Crippen LogP contribution >= 0.6 is 0 Å². The fourth-order valence-electron chi connectivity index (χ4n) is 1.91. The van der Waals surface area contributed by atoms with Crippen molar-refractivity contribution in [2.75, 3.05) is 5.32 Å². The summed E-state index contributed by atoms with van der Waals surface area (Å²) in [5, 5.41) is 12.5. The molecule has 2 nitrogen and oxygen atoms in total. The molecule has 0 aromatic heterocycles. The van der Waals surface area contributed by atoms with Gasteiger partial charge in [0.2, 0.25) is 0 Å². The molecular formula is C11H13F2NO. The molecule has 0 bridgehead atoms. The van der Waals surface area contributed by atoms with Gasteiger partial charge in [-0.15, -0.1) is 0 Å². The highest BCUT2D eigenvalue weighted by molar-refractivity contribution is 5.44. The molecule has 1 aromatic rings. The van der Waals surface area contributed by atoms with Crippen LogP contribution in [0.1, 0.15) is 19.3 Å². The average molecular weight is 213 g/mol. The summed E-state index contributed by atoms with van der Waals surface area (Å²) in [6.45, 7) is 0. The Hall–Kier alpha value is -1.16. The molecule has 82 valence electrons. The fourth-order valence-corrected chi connectivity index (χ4v) is 1.91. The summed E-state index contributed by atoms with van der Waals surface area (Å²) in [7, 11) is 0. The first-order valence-electron chi connectivity index (χ1n) is 5.06. The van der Waals surface area contributed by atoms with Crippen molar-refractivity contribution < 1.29 is 13.9 Å². The second-order valence-corrected chi connectivity index (χ2v) is 3.88.